The largest absolute Gasteiger partial charge is 0.378 e. The van der Waals surface area contributed by atoms with Gasteiger partial charge in [-0.15, -0.1) is 0 Å². The van der Waals surface area contributed by atoms with E-state index in [0.29, 0.717) is 12.5 Å². The molecule has 1 nitrogen and oxygen atoms in total. The van der Waals surface area contributed by atoms with Crippen LogP contribution in [0, 0.1) is 29.6 Å². The minimum Gasteiger partial charge on any atom is -0.378 e. The summed E-state index contributed by atoms with van der Waals surface area (Å²) in [6.07, 6.45) is -9.19. The maximum atomic E-state index is 14.8. The summed E-state index contributed by atoms with van der Waals surface area (Å²) in [7, 11) is 0. The van der Waals surface area contributed by atoms with Crippen LogP contribution in [0.4, 0.5) is 26.3 Å². The molecule has 6 unspecified atom stereocenters. The molecule has 0 amide bonds. The molecule has 3 fully saturated rings. The predicted octanol–water partition coefficient (Wildman–Crippen LogP) is 5.47. The molecule has 26 heavy (non-hydrogen) atoms. The molecule has 6 atom stereocenters. The highest BCUT2D eigenvalue weighted by molar-refractivity contribution is 4.98. The van der Waals surface area contributed by atoms with Gasteiger partial charge >= 0.3 is 0 Å². The summed E-state index contributed by atoms with van der Waals surface area (Å²) >= 11 is 0. The third-order valence-corrected chi connectivity index (χ3v) is 6.68. The Morgan fingerprint density at radius 3 is 1.77 bits per heavy atom. The summed E-state index contributed by atoms with van der Waals surface area (Å²) in [6.45, 7) is 2.66. The molecule has 3 aliphatic rings. The molecule has 2 saturated carbocycles. The van der Waals surface area contributed by atoms with Crippen LogP contribution in [0.5, 0.6) is 0 Å². The number of ether oxygens (including phenoxy) is 1. The molecule has 0 radical (unpaired) electrons. The molecule has 1 saturated heterocycles. The van der Waals surface area contributed by atoms with Crippen molar-refractivity contribution in [2.75, 3.05) is 6.61 Å². The van der Waals surface area contributed by atoms with Crippen molar-refractivity contribution >= 4 is 0 Å². The third-order valence-electron chi connectivity index (χ3n) is 6.68. The first-order valence-corrected chi connectivity index (χ1v) is 9.74. The van der Waals surface area contributed by atoms with E-state index in [0.717, 1.165) is 12.8 Å². The van der Waals surface area contributed by atoms with Crippen LogP contribution >= 0.6 is 0 Å². The van der Waals surface area contributed by atoms with Crippen LogP contribution in [0.25, 0.3) is 0 Å². The minimum absolute atomic E-state index is 0.118. The second-order valence-electron chi connectivity index (χ2n) is 8.57. The van der Waals surface area contributed by atoms with Gasteiger partial charge in [-0.2, -0.15) is 0 Å². The van der Waals surface area contributed by atoms with Gasteiger partial charge in [0.25, 0.3) is 0 Å². The van der Waals surface area contributed by atoms with Crippen molar-refractivity contribution in [3.05, 3.63) is 0 Å². The quantitative estimate of drug-likeness (QED) is 0.585. The zero-order valence-electron chi connectivity index (χ0n) is 15.0. The van der Waals surface area contributed by atoms with E-state index >= 15 is 0 Å². The highest BCUT2D eigenvalue weighted by atomic mass is 19.3. The number of halogens is 6. The summed E-state index contributed by atoms with van der Waals surface area (Å²) in [5, 5.41) is 0. The van der Waals surface area contributed by atoms with Crippen molar-refractivity contribution < 1.29 is 31.1 Å². The Kier molecular flexibility index (Phi) is 6.45. The van der Waals surface area contributed by atoms with Crippen LogP contribution in [0.2, 0.25) is 0 Å². The fraction of sp³-hybridized carbons (Fsp3) is 1.00. The van der Waals surface area contributed by atoms with Gasteiger partial charge in [-0.3, -0.25) is 0 Å². The first-order chi connectivity index (χ1) is 12.3. The topological polar surface area (TPSA) is 9.23 Å². The molecule has 0 aromatic rings. The molecule has 0 N–H and O–H groups in total. The first-order valence-electron chi connectivity index (χ1n) is 9.74. The molecular formula is C19H28F6O. The van der Waals surface area contributed by atoms with Gasteiger partial charge in [-0.1, -0.05) is 6.92 Å². The maximum Gasteiger partial charge on any atom is 0.247 e. The van der Waals surface area contributed by atoms with E-state index in [-0.39, 0.29) is 37.7 Å². The lowest BCUT2D eigenvalue weighted by molar-refractivity contribution is -0.106. The van der Waals surface area contributed by atoms with Crippen LogP contribution in [-0.4, -0.2) is 43.8 Å². The average molecular weight is 386 g/mol. The normalized spacial score (nSPS) is 50.8. The third kappa shape index (κ3) is 4.17. The van der Waals surface area contributed by atoms with Gasteiger partial charge in [0.2, 0.25) is 6.43 Å². The van der Waals surface area contributed by atoms with Crippen molar-refractivity contribution in [3.8, 4) is 0 Å². The van der Waals surface area contributed by atoms with E-state index in [4.69, 9.17) is 4.74 Å². The van der Waals surface area contributed by atoms with E-state index < -0.39 is 48.9 Å². The molecule has 2 aliphatic carbocycles. The lowest BCUT2D eigenvalue weighted by atomic mass is 9.65. The Labute approximate surface area is 150 Å². The summed E-state index contributed by atoms with van der Waals surface area (Å²) in [5.41, 5.74) is 0. The van der Waals surface area contributed by atoms with Gasteiger partial charge in [0.05, 0.1) is 12.0 Å². The number of rotatable bonds is 3. The second-order valence-corrected chi connectivity index (χ2v) is 8.57. The van der Waals surface area contributed by atoms with Crippen molar-refractivity contribution in [2.45, 2.75) is 82.7 Å². The molecule has 152 valence electrons. The lowest BCUT2D eigenvalue weighted by Gasteiger charge is -2.45. The van der Waals surface area contributed by atoms with Gasteiger partial charge in [0.1, 0.15) is 24.7 Å². The molecule has 7 heteroatoms. The molecule has 0 spiro atoms. The van der Waals surface area contributed by atoms with E-state index in [2.05, 4.69) is 6.92 Å². The van der Waals surface area contributed by atoms with Crippen LogP contribution in [0.3, 0.4) is 0 Å². The number of hydrogen-bond acceptors (Lipinski definition) is 1. The van der Waals surface area contributed by atoms with Gasteiger partial charge in [0, 0.05) is 12.5 Å². The molecule has 0 aromatic heterocycles. The first kappa shape index (κ1) is 20.3. The molecule has 1 aliphatic heterocycles. The van der Waals surface area contributed by atoms with Gasteiger partial charge < -0.3 is 4.74 Å². The summed E-state index contributed by atoms with van der Waals surface area (Å²) in [5.74, 6) is -3.74. The van der Waals surface area contributed by atoms with Crippen LogP contribution in [-0.2, 0) is 4.74 Å². The predicted molar refractivity (Wildman–Crippen MR) is 86.2 cm³/mol. The SMILES string of the molecule is CC1CCC(C2CC(F)C(C3CC(F)C(C(F)F)C(F)C3)C(F)C2)OC1. The van der Waals surface area contributed by atoms with Gasteiger partial charge in [0.15, 0.2) is 0 Å². The average Bonchev–Trinajstić information content (AvgIpc) is 2.53. The van der Waals surface area contributed by atoms with E-state index in [9.17, 15) is 26.3 Å². The Morgan fingerprint density at radius 1 is 0.769 bits per heavy atom. The van der Waals surface area contributed by atoms with Gasteiger partial charge in [-0.25, -0.2) is 26.3 Å². The molecule has 0 aromatic carbocycles. The maximum absolute atomic E-state index is 14.8. The van der Waals surface area contributed by atoms with Crippen molar-refractivity contribution in [2.24, 2.45) is 29.6 Å². The monoisotopic (exact) mass is 386 g/mol. The smallest absolute Gasteiger partial charge is 0.247 e. The molecular weight excluding hydrogens is 358 g/mol. The summed E-state index contributed by atoms with van der Waals surface area (Å²) < 4.78 is 88.9. The Bertz CT molecular complexity index is 431. The standard InChI is InChI=1S/C19H28F6O/c1-9-2-3-16(26-8-9)10-4-12(20)17(13(21)5-10)11-6-14(22)18(19(24)25)15(23)7-11/h9-19H,2-8H2,1H3. The highest BCUT2D eigenvalue weighted by Crippen LogP contribution is 2.48. The van der Waals surface area contributed by atoms with E-state index in [1.165, 1.54) is 0 Å². The Morgan fingerprint density at radius 2 is 1.31 bits per heavy atom. The Hall–Kier alpha value is -0.460. The fourth-order valence-corrected chi connectivity index (χ4v) is 5.23. The summed E-state index contributed by atoms with van der Waals surface area (Å²) in [6, 6.07) is 0. The van der Waals surface area contributed by atoms with Crippen LogP contribution in [0.1, 0.15) is 45.4 Å². The minimum atomic E-state index is -3.09. The van der Waals surface area contributed by atoms with E-state index in [1.54, 1.807) is 0 Å². The molecule has 0 bridgehead atoms. The number of alkyl halides is 6. The number of hydrogen-bond donors (Lipinski definition) is 0. The zero-order chi connectivity index (χ0) is 19.0. The molecule has 1 heterocycles. The molecule has 3 rings (SSSR count). The lowest BCUT2D eigenvalue weighted by Crippen LogP contribution is -2.49. The van der Waals surface area contributed by atoms with Crippen molar-refractivity contribution in [1.29, 1.82) is 0 Å². The van der Waals surface area contributed by atoms with Gasteiger partial charge in [-0.05, 0) is 56.3 Å². The van der Waals surface area contributed by atoms with Crippen molar-refractivity contribution in [3.63, 3.8) is 0 Å². The highest BCUT2D eigenvalue weighted by Gasteiger charge is 2.51. The zero-order valence-corrected chi connectivity index (χ0v) is 15.0. The van der Waals surface area contributed by atoms with Crippen LogP contribution in [0.15, 0.2) is 0 Å². The fourth-order valence-electron chi connectivity index (χ4n) is 5.23. The Balaban J connectivity index is 1.62. The van der Waals surface area contributed by atoms with E-state index in [1.807, 2.05) is 0 Å². The summed E-state index contributed by atoms with van der Waals surface area (Å²) in [4.78, 5) is 0. The second kappa shape index (κ2) is 8.27. The van der Waals surface area contributed by atoms with Crippen LogP contribution < -0.4 is 0 Å². The van der Waals surface area contributed by atoms with Crippen molar-refractivity contribution in [1.82, 2.24) is 0 Å².